The number of benzene rings is 2. The van der Waals surface area contributed by atoms with Gasteiger partial charge in [0.25, 0.3) is 0 Å². The second-order valence-electron chi connectivity index (χ2n) is 7.18. The molecule has 2 aromatic rings. The summed E-state index contributed by atoms with van der Waals surface area (Å²) in [7, 11) is -0.574. The van der Waals surface area contributed by atoms with Crippen LogP contribution in [0.2, 0.25) is 0 Å². The average Bonchev–Trinajstić information content (AvgIpc) is 2.76. The van der Waals surface area contributed by atoms with Crippen molar-refractivity contribution in [3.05, 3.63) is 64.6 Å². The highest BCUT2D eigenvalue weighted by Gasteiger charge is 2.26. The number of nitrogens with one attached hydrogen (secondary N) is 1. The lowest BCUT2D eigenvalue weighted by atomic mass is 10.1. The number of carbonyl (C=O) groups excluding carboxylic acids is 2. The second-order valence-corrected chi connectivity index (χ2v) is 10.1. The van der Waals surface area contributed by atoms with Gasteiger partial charge in [-0.25, -0.2) is 12.7 Å². The lowest BCUT2D eigenvalue weighted by Crippen LogP contribution is -2.46. The van der Waals surface area contributed by atoms with Crippen LogP contribution in [0.25, 0.3) is 0 Å². The Kier molecular flexibility index (Phi) is 9.21. The molecule has 0 saturated carbocycles. The second kappa shape index (κ2) is 11.4. The Morgan fingerprint density at radius 2 is 1.77 bits per heavy atom. The molecule has 2 amide bonds. The van der Waals surface area contributed by atoms with E-state index in [4.69, 9.17) is 0 Å². The van der Waals surface area contributed by atoms with Gasteiger partial charge in [-0.1, -0.05) is 46.3 Å². The van der Waals surface area contributed by atoms with Crippen LogP contribution < -0.4 is 5.32 Å². The van der Waals surface area contributed by atoms with E-state index < -0.39 is 16.1 Å². The van der Waals surface area contributed by atoms with Crippen LogP contribution in [0.1, 0.15) is 25.3 Å². The predicted molar refractivity (Wildman–Crippen MR) is 124 cm³/mol. The first-order chi connectivity index (χ1) is 14.7. The van der Waals surface area contributed by atoms with Crippen LogP contribution in [0.15, 0.2) is 64.0 Å². The topological polar surface area (TPSA) is 86.8 Å². The molecular weight excluding hydrogens is 482 g/mol. The lowest BCUT2D eigenvalue weighted by Gasteiger charge is -2.28. The first kappa shape index (κ1) is 25.0. The van der Waals surface area contributed by atoms with Crippen molar-refractivity contribution in [1.82, 2.24) is 14.5 Å². The van der Waals surface area contributed by atoms with E-state index in [1.165, 1.54) is 23.3 Å². The van der Waals surface area contributed by atoms with Gasteiger partial charge in [-0.05, 0) is 43.2 Å². The van der Waals surface area contributed by atoms with E-state index in [2.05, 4.69) is 21.2 Å². The number of likely N-dealkylation sites (N-methyl/N-ethyl adjacent to an activating group) is 1. The summed E-state index contributed by atoms with van der Waals surface area (Å²) in [5.74, 6) is -0.464. The normalized spacial score (nSPS) is 12.4. The van der Waals surface area contributed by atoms with Gasteiger partial charge in [0, 0.05) is 38.1 Å². The molecule has 0 fully saturated rings. The molecule has 0 spiro atoms. The van der Waals surface area contributed by atoms with Crippen molar-refractivity contribution in [1.29, 1.82) is 0 Å². The smallest absolute Gasteiger partial charge is 0.242 e. The van der Waals surface area contributed by atoms with Gasteiger partial charge in [-0.15, -0.1) is 0 Å². The summed E-state index contributed by atoms with van der Waals surface area (Å²) in [6.45, 7) is 2.16. The van der Waals surface area contributed by atoms with Crippen molar-refractivity contribution >= 4 is 37.8 Å². The SMILES string of the molecule is CNC(=O)C(C)N(Cc1cccc(Br)c1)C(=O)CCCN(C)S(=O)(=O)c1ccccc1. The fourth-order valence-corrected chi connectivity index (χ4v) is 4.79. The molecule has 168 valence electrons. The molecule has 0 bridgehead atoms. The number of carbonyl (C=O) groups is 2. The molecule has 0 radical (unpaired) electrons. The summed E-state index contributed by atoms with van der Waals surface area (Å²) < 4.78 is 27.4. The third-order valence-electron chi connectivity index (χ3n) is 4.97. The van der Waals surface area contributed by atoms with Crippen LogP contribution in [0.4, 0.5) is 0 Å². The highest BCUT2D eigenvalue weighted by molar-refractivity contribution is 9.10. The van der Waals surface area contributed by atoms with Gasteiger partial charge in [0.2, 0.25) is 21.8 Å². The lowest BCUT2D eigenvalue weighted by molar-refractivity contribution is -0.140. The van der Waals surface area contributed by atoms with Gasteiger partial charge >= 0.3 is 0 Å². The molecule has 0 aromatic heterocycles. The molecule has 31 heavy (non-hydrogen) atoms. The van der Waals surface area contributed by atoms with E-state index in [1.54, 1.807) is 37.3 Å². The Hall–Kier alpha value is -2.23. The maximum absolute atomic E-state index is 13.0. The number of hydrogen-bond acceptors (Lipinski definition) is 4. The molecule has 2 aromatic carbocycles. The van der Waals surface area contributed by atoms with Crippen LogP contribution in [0.3, 0.4) is 0 Å². The van der Waals surface area contributed by atoms with Crippen LogP contribution >= 0.6 is 15.9 Å². The van der Waals surface area contributed by atoms with E-state index >= 15 is 0 Å². The van der Waals surface area contributed by atoms with Crippen molar-refractivity contribution in [3.8, 4) is 0 Å². The molecule has 0 aliphatic heterocycles. The molecule has 7 nitrogen and oxygen atoms in total. The molecule has 1 unspecified atom stereocenters. The first-order valence-corrected chi connectivity index (χ1v) is 12.2. The van der Waals surface area contributed by atoms with Crippen LogP contribution in [-0.4, -0.2) is 56.1 Å². The summed E-state index contributed by atoms with van der Waals surface area (Å²) in [4.78, 5) is 26.9. The van der Waals surface area contributed by atoms with Crippen molar-refractivity contribution in [2.45, 2.75) is 37.2 Å². The minimum atomic E-state index is -3.61. The van der Waals surface area contributed by atoms with Crippen LogP contribution in [-0.2, 0) is 26.2 Å². The van der Waals surface area contributed by atoms with Gasteiger partial charge in [0.15, 0.2) is 0 Å². The van der Waals surface area contributed by atoms with Crippen molar-refractivity contribution < 1.29 is 18.0 Å². The third-order valence-corrected chi connectivity index (χ3v) is 7.34. The number of sulfonamides is 1. The van der Waals surface area contributed by atoms with Crippen molar-refractivity contribution in [3.63, 3.8) is 0 Å². The summed E-state index contributed by atoms with van der Waals surface area (Å²) in [6, 6.07) is 15.1. The molecular formula is C22H28BrN3O4S. The van der Waals surface area contributed by atoms with E-state index in [9.17, 15) is 18.0 Å². The highest BCUT2D eigenvalue weighted by atomic mass is 79.9. The number of rotatable bonds is 10. The molecule has 2 rings (SSSR count). The summed E-state index contributed by atoms with van der Waals surface area (Å²) in [5, 5.41) is 2.58. The number of halogens is 1. The van der Waals surface area contributed by atoms with Gasteiger partial charge < -0.3 is 10.2 Å². The quantitative estimate of drug-likeness (QED) is 0.533. The molecule has 0 aliphatic carbocycles. The molecule has 0 saturated heterocycles. The van der Waals surface area contributed by atoms with Crippen molar-refractivity contribution in [2.75, 3.05) is 20.6 Å². The van der Waals surface area contributed by atoms with E-state index in [-0.39, 0.29) is 36.2 Å². The Morgan fingerprint density at radius 1 is 1.10 bits per heavy atom. The van der Waals surface area contributed by atoms with Gasteiger partial charge in [-0.2, -0.15) is 0 Å². The zero-order valence-electron chi connectivity index (χ0n) is 17.9. The number of nitrogens with zero attached hydrogens (tertiary/aromatic N) is 2. The van der Waals surface area contributed by atoms with E-state index in [0.29, 0.717) is 6.42 Å². The van der Waals surface area contributed by atoms with Gasteiger partial charge in [-0.3, -0.25) is 9.59 Å². The standard InChI is InChI=1S/C22H28BrN3O4S/c1-17(22(28)24-2)26(16-18-9-7-10-19(23)15-18)21(27)13-8-14-25(3)31(29,30)20-11-5-4-6-12-20/h4-7,9-12,15,17H,8,13-14,16H2,1-3H3,(H,24,28). The fourth-order valence-electron chi connectivity index (χ4n) is 3.11. The Labute approximate surface area is 192 Å². The average molecular weight is 510 g/mol. The Balaban J connectivity index is 2.05. The summed E-state index contributed by atoms with van der Waals surface area (Å²) >= 11 is 3.42. The van der Waals surface area contributed by atoms with E-state index in [0.717, 1.165) is 10.0 Å². The Bertz CT molecular complexity index is 999. The maximum Gasteiger partial charge on any atom is 0.242 e. The predicted octanol–water partition coefficient (Wildman–Crippen LogP) is 3.01. The van der Waals surface area contributed by atoms with Crippen LogP contribution in [0.5, 0.6) is 0 Å². The molecule has 0 heterocycles. The first-order valence-electron chi connectivity index (χ1n) is 9.93. The third kappa shape index (κ3) is 6.88. The van der Waals surface area contributed by atoms with Gasteiger partial charge in [0.1, 0.15) is 6.04 Å². The molecule has 9 heteroatoms. The number of hydrogen-bond donors (Lipinski definition) is 1. The summed E-state index contributed by atoms with van der Waals surface area (Å²) in [6.07, 6.45) is 0.473. The Morgan fingerprint density at radius 3 is 2.39 bits per heavy atom. The van der Waals surface area contributed by atoms with E-state index in [1.807, 2.05) is 24.3 Å². The summed E-state index contributed by atoms with van der Waals surface area (Å²) in [5.41, 5.74) is 0.891. The minimum absolute atomic E-state index is 0.129. The minimum Gasteiger partial charge on any atom is -0.357 e. The van der Waals surface area contributed by atoms with Crippen molar-refractivity contribution in [2.24, 2.45) is 0 Å². The zero-order chi connectivity index (χ0) is 23.0. The molecule has 1 atom stereocenters. The monoisotopic (exact) mass is 509 g/mol. The highest BCUT2D eigenvalue weighted by Crippen LogP contribution is 2.17. The van der Waals surface area contributed by atoms with Gasteiger partial charge in [0.05, 0.1) is 4.90 Å². The maximum atomic E-state index is 13.0. The van der Waals surface area contributed by atoms with Crippen LogP contribution in [0, 0.1) is 0 Å². The fraction of sp³-hybridized carbons (Fsp3) is 0.364. The zero-order valence-corrected chi connectivity index (χ0v) is 20.3. The molecule has 0 aliphatic rings. The molecule has 1 N–H and O–H groups in total. The largest absolute Gasteiger partial charge is 0.357 e. The number of amides is 2.